The average Bonchev–Trinajstić information content (AvgIpc) is 2.70. The van der Waals surface area contributed by atoms with Crippen molar-refractivity contribution in [2.45, 2.75) is 19.4 Å². The van der Waals surface area contributed by atoms with Crippen LogP contribution in [0.4, 0.5) is 0 Å². The quantitative estimate of drug-likeness (QED) is 0.679. The second-order valence-electron chi connectivity index (χ2n) is 6.46. The van der Waals surface area contributed by atoms with Crippen LogP contribution in [-0.4, -0.2) is 29.6 Å². The predicted molar refractivity (Wildman–Crippen MR) is 97.4 cm³/mol. The highest BCUT2D eigenvalue weighted by molar-refractivity contribution is 6.31. The van der Waals surface area contributed by atoms with Crippen molar-refractivity contribution >= 4 is 22.5 Å². The molecule has 23 heavy (non-hydrogen) atoms. The molecule has 0 saturated carbocycles. The van der Waals surface area contributed by atoms with Gasteiger partial charge < -0.3 is 9.47 Å². The van der Waals surface area contributed by atoms with Crippen LogP contribution >= 0.6 is 11.6 Å². The second-order valence-corrected chi connectivity index (χ2v) is 6.90. The molecule has 2 aromatic carbocycles. The van der Waals surface area contributed by atoms with Gasteiger partial charge in [0.25, 0.3) is 0 Å². The summed E-state index contributed by atoms with van der Waals surface area (Å²) in [5.74, 6) is 0. The highest BCUT2D eigenvalue weighted by Gasteiger charge is 2.20. The monoisotopic (exact) mass is 324 g/mol. The van der Waals surface area contributed by atoms with E-state index in [1.54, 1.807) is 0 Å². The van der Waals surface area contributed by atoms with Crippen LogP contribution in [0.3, 0.4) is 0 Å². The van der Waals surface area contributed by atoms with Crippen molar-refractivity contribution in [2.75, 3.05) is 20.1 Å². The molecule has 3 aromatic rings. The highest BCUT2D eigenvalue weighted by Crippen LogP contribution is 2.31. The molecule has 0 bridgehead atoms. The Balaban J connectivity index is 1.88. The number of aromatic nitrogens is 1. The van der Waals surface area contributed by atoms with Gasteiger partial charge in [-0.15, -0.1) is 0 Å². The molecule has 0 unspecified atom stereocenters. The van der Waals surface area contributed by atoms with Crippen LogP contribution in [0.2, 0.25) is 5.02 Å². The second kappa shape index (κ2) is 6.03. The van der Waals surface area contributed by atoms with Crippen molar-refractivity contribution < 1.29 is 0 Å². The maximum Gasteiger partial charge on any atom is 0.0489 e. The summed E-state index contributed by atoms with van der Waals surface area (Å²) in [4.78, 5) is 2.42. The molecule has 0 saturated heterocycles. The van der Waals surface area contributed by atoms with E-state index in [1.807, 2.05) is 6.07 Å². The largest absolute Gasteiger partial charge is 0.340 e. The van der Waals surface area contributed by atoms with Gasteiger partial charge in [0.05, 0.1) is 0 Å². The number of likely N-dealkylation sites (N-methyl/N-ethyl adjacent to an activating group) is 1. The summed E-state index contributed by atoms with van der Waals surface area (Å²) in [7, 11) is 2.21. The van der Waals surface area contributed by atoms with E-state index in [2.05, 4.69) is 59.0 Å². The minimum Gasteiger partial charge on any atom is -0.340 e. The molecular formula is C20H21ClN2. The van der Waals surface area contributed by atoms with Crippen LogP contribution in [0.1, 0.15) is 16.8 Å². The van der Waals surface area contributed by atoms with Crippen molar-refractivity contribution in [2.24, 2.45) is 0 Å². The molecule has 118 valence electrons. The maximum absolute atomic E-state index is 6.28. The topological polar surface area (TPSA) is 8.17 Å². The Hall–Kier alpha value is -1.77. The molecule has 0 spiro atoms. The lowest BCUT2D eigenvalue weighted by molar-refractivity contribution is 0.351. The molecule has 1 aliphatic heterocycles. The lowest BCUT2D eigenvalue weighted by Gasteiger charge is -2.14. The number of fused-ring (bicyclic) bond motifs is 3. The molecule has 0 amide bonds. The fraction of sp³-hybridized carbons (Fsp3) is 0.300. The summed E-state index contributed by atoms with van der Waals surface area (Å²) in [5.41, 5.74) is 5.63. The van der Waals surface area contributed by atoms with Crippen LogP contribution in [0.25, 0.3) is 10.9 Å². The van der Waals surface area contributed by atoms with Crippen LogP contribution in [0, 0.1) is 0 Å². The van der Waals surface area contributed by atoms with Crippen molar-refractivity contribution in [3.63, 3.8) is 0 Å². The average molecular weight is 325 g/mol. The van der Waals surface area contributed by atoms with E-state index in [4.69, 9.17) is 11.6 Å². The first kappa shape index (κ1) is 14.8. The van der Waals surface area contributed by atoms with Gasteiger partial charge in [-0.1, -0.05) is 41.9 Å². The summed E-state index contributed by atoms with van der Waals surface area (Å²) in [6, 6.07) is 17.0. The lowest BCUT2D eigenvalue weighted by atomic mass is 10.1. The summed E-state index contributed by atoms with van der Waals surface area (Å²) in [6.07, 6.45) is 2.20. The standard InChI is InChI=1S/C20H21ClN2/c1-22-11-9-17-18-13-16(21)7-8-19(18)23(20(17)10-12-22)14-15-5-3-2-4-6-15/h2-8,13H,9-12,14H2,1H3. The molecule has 4 rings (SSSR count). The number of hydrogen-bond donors (Lipinski definition) is 0. The molecule has 2 nitrogen and oxygen atoms in total. The molecule has 0 N–H and O–H groups in total. The first-order valence-corrected chi connectivity index (χ1v) is 8.62. The Bertz CT molecular complexity index is 836. The normalized spacial score (nSPS) is 15.6. The van der Waals surface area contributed by atoms with Gasteiger partial charge in [-0.05, 0) is 42.8 Å². The maximum atomic E-state index is 6.28. The molecule has 3 heteroatoms. The zero-order valence-electron chi connectivity index (χ0n) is 13.4. The van der Waals surface area contributed by atoms with E-state index < -0.39 is 0 Å². The van der Waals surface area contributed by atoms with Gasteiger partial charge in [0.15, 0.2) is 0 Å². The summed E-state index contributed by atoms with van der Waals surface area (Å²) in [6.45, 7) is 3.16. The molecule has 0 atom stereocenters. The third kappa shape index (κ3) is 2.77. The van der Waals surface area contributed by atoms with Gasteiger partial charge in [-0.2, -0.15) is 0 Å². The Kier molecular flexibility index (Phi) is 3.88. The van der Waals surface area contributed by atoms with Gasteiger partial charge in [-0.25, -0.2) is 0 Å². The SMILES string of the molecule is CN1CCc2c(n(Cc3ccccc3)c3ccc(Cl)cc23)CC1. The Morgan fingerprint density at radius 3 is 2.61 bits per heavy atom. The van der Waals surface area contributed by atoms with Gasteiger partial charge in [-0.3, -0.25) is 0 Å². The Morgan fingerprint density at radius 2 is 1.78 bits per heavy atom. The zero-order chi connectivity index (χ0) is 15.8. The molecule has 0 fully saturated rings. The van der Waals surface area contributed by atoms with Gasteiger partial charge in [0, 0.05) is 47.7 Å². The van der Waals surface area contributed by atoms with Gasteiger partial charge in [0.1, 0.15) is 0 Å². The fourth-order valence-electron chi connectivity index (χ4n) is 3.67. The van der Waals surface area contributed by atoms with Gasteiger partial charge >= 0.3 is 0 Å². The molecule has 1 aliphatic rings. The lowest BCUT2D eigenvalue weighted by Crippen LogP contribution is -2.21. The molecule has 1 aromatic heterocycles. The summed E-state index contributed by atoms with van der Waals surface area (Å²) < 4.78 is 2.50. The predicted octanol–water partition coefficient (Wildman–Crippen LogP) is 4.37. The van der Waals surface area contributed by atoms with Crippen LogP contribution in [0.15, 0.2) is 48.5 Å². The fourth-order valence-corrected chi connectivity index (χ4v) is 3.84. The number of hydrogen-bond acceptors (Lipinski definition) is 1. The Morgan fingerprint density at radius 1 is 1.00 bits per heavy atom. The van der Waals surface area contributed by atoms with E-state index >= 15 is 0 Å². The van der Waals surface area contributed by atoms with E-state index in [0.29, 0.717) is 0 Å². The van der Waals surface area contributed by atoms with E-state index in [-0.39, 0.29) is 0 Å². The van der Waals surface area contributed by atoms with Crippen molar-refractivity contribution in [3.8, 4) is 0 Å². The van der Waals surface area contributed by atoms with Crippen LogP contribution < -0.4 is 0 Å². The smallest absolute Gasteiger partial charge is 0.0489 e. The third-order valence-electron chi connectivity index (χ3n) is 4.91. The molecular weight excluding hydrogens is 304 g/mol. The van der Waals surface area contributed by atoms with Gasteiger partial charge in [0.2, 0.25) is 0 Å². The van der Waals surface area contributed by atoms with E-state index in [1.165, 1.54) is 27.7 Å². The Labute approximate surface area is 142 Å². The number of benzene rings is 2. The van der Waals surface area contributed by atoms with E-state index in [0.717, 1.165) is 37.5 Å². The van der Waals surface area contributed by atoms with Crippen molar-refractivity contribution in [3.05, 3.63) is 70.4 Å². The minimum atomic E-state index is 0.828. The van der Waals surface area contributed by atoms with Crippen molar-refractivity contribution in [1.82, 2.24) is 9.47 Å². The number of rotatable bonds is 2. The van der Waals surface area contributed by atoms with Crippen LogP contribution in [-0.2, 0) is 19.4 Å². The van der Waals surface area contributed by atoms with Crippen molar-refractivity contribution in [1.29, 1.82) is 0 Å². The summed E-state index contributed by atoms with van der Waals surface area (Å²) in [5, 5.41) is 2.16. The summed E-state index contributed by atoms with van der Waals surface area (Å²) >= 11 is 6.28. The molecule has 0 radical (unpaired) electrons. The number of halogens is 1. The first-order valence-electron chi connectivity index (χ1n) is 8.24. The minimum absolute atomic E-state index is 0.828. The number of nitrogens with zero attached hydrogens (tertiary/aromatic N) is 2. The highest BCUT2D eigenvalue weighted by atomic mass is 35.5. The first-order chi connectivity index (χ1) is 11.2. The van der Waals surface area contributed by atoms with Crippen LogP contribution in [0.5, 0.6) is 0 Å². The molecule has 0 aliphatic carbocycles. The zero-order valence-corrected chi connectivity index (χ0v) is 14.2. The molecule has 2 heterocycles. The third-order valence-corrected chi connectivity index (χ3v) is 5.14. The van der Waals surface area contributed by atoms with E-state index in [9.17, 15) is 0 Å².